The van der Waals surface area contributed by atoms with Gasteiger partial charge in [-0.25, -0.2) is 0 Å². The molecule has 106 valence electrons. The van der Waals surface area contributed by atoms with Gasteiger partial charge in [-0.2, -0.15) is 0 Å². The van der Waals surface area contributed by atoms with E-state index in [9.17, 15) is 0 Å². The van der Waals surface area contributed by atoms with Gasteiger partial charge < -0.3 is 10.1 Å². The van der Waals surface area contributed by atoms with Gasteiger partial charge >= 0.3 is 0 Å². The number of ether oxygens (including phenoxy) is 1. The fraction of sp³-hybridized carbons (Fsp3) is 1.00. The number of hydrogen-bond acceptors (Lipinski definition) is 2. The fourth-order valence-electron chi connectivity index (χ4n) is 4.60. The second kappa shape index (κ2) is 6.38. The Morgan fingerprint density at radius 3 is 2.44 bits per heavy atom. The predicted octanol–water partition coefficient (Wildman–Crippen LogP) is 3.61. The van der Waals surface area contributed by atoms with Crippen LogP contribution in [-0.2, 0) is 4.74 Å². The van der Waals surface area contributed by atoms with Gasteiger partial charge in [0.2, 0.25) is 0 Å². The standard InChI is InChI=1S/C16H31NO/c1-13(2)11-16(8-4-5-9-16)15(17-3)14-7-6-10-18-12-14/h13-15,17H,4-12H2,1-3H3. The summed E-state index contributed by atoms with van der Waals surface area (Å²) in [5.41, 5.74) is 0.550. The maximum atomic E-state index is 5.73. The molecule has 2 unspecified atom stereocenters. The van der Waals surface area contributed by atoms with Crippen LogP contribution in [0.4, 0.5) is 0 Å². The van der Waals surface area contributed by atoms with E-state index in [0.717, 1.165) is 25.0 Å². The Hall–Kier alpha value is -0.0800. The van der Waals surface area contributed by atoms with Crippen molar-refractivity contribution >= 4 is 0 Å². The van der Waals surface area contributed by atoms with Crippen molar-refractivity contribution in [3.63, 3.8) is 0 Å². The van der Waals surface area contributed by atoms with Gasteiger partial charge in [0.25, 0.3) is 0 Å². The topological polar surface area (TPSA) is 21.3 Å². The highest BCUT2D eigenvalue weighted by atomic mass is 16.5. The SMILES string of the molecule is CNC(C1CCCOC1)C1(CC(C)C)CCCC1. The van der Waals surface area contributed by atoms with Crippen LogP contribution < -0.4 is 5.32 Å². The first-order valence-corrected chi connectivity index (χ1v) is 7.93. The lowest BCUT2D eigenvalue weighted by Crippen LogP contribution is -2.50. The second-order valence-electron chi connectivity index (χ2n) is 6.91. The first-order valence-electron chi connectivity index (χ1n) is 7.93. The lowest BCUT2D eigenvalue weighted by Gasteiger charge is -2.44. The zero-order chi connectivity index (χ0) is 13.0. The van der Waals surface area contributed by atoms with Crippen LogP contribution in [0.3, 0.4) is 0 Å². The molecule has 1 aliphatic heterocycles. The molecule has 2 rings (SSSR count). The third-order valence-corrected chi connectivity index (χ3v) is 5.05. The average molecular weight is 253 g/mol. The van der Waals surface area contributed by atoms with Gasteiger partial charge in [-0.3, -0.25) is 0 Å². The van der Waals surface area contributed by atoms with E-state index < -0.39 is 0 Å². The summed E-state index contributed by atoms with van der Waals surface area (Å²) >= 11 is 0. The summed E-state index contributed by atoms with van der Waals surface area (Å²) < 4.78 is 5.73. The molecular formula is C16H31NO. The molecule has 0 aromatic rings. The molecule has 2 heteroatoms. The molecule has 1 N–H and O–H groups in total. The van der Waals surface area contributed by atoms with Crippen LogP contribution in [0.1, 0.15) is 58.8 Å². The van der Waals surface area contributed by atoms with Crippen molar-refractivity contribution < 1.29 is 4.74 Å². The maximum Gasteiger partial charge on any atom is 0.0509 e. The van der Waals surface area contributed by atoms with Gasteiger partial charge in [0.1, 0.15) is 0 Å². The molecule has 2 atom stereocenters. The minimum absolute atomic E-state index is 0.550. The molecule has 0 spiro atoms. The van der Waals surface area contributed by atoms with Crippen LogP contribution in [0, 0.1) is 17.3 Å². The summed E-state index contributed by atoms with van der Waals surface area (Å²) in [6, 6.07) is 0.669. The molecule has 1 heterocycles. The van der Waals surface area contributed by atoms with E-state index >= 15 is 0 Å². The summed E-state index contributed by atoms with van der Waals surface area (Å²) in [4.78, 5) is 0. The van der Waals surface area contributed by atoms with Gasteiger partial charge in [-0.15, -0.1) is 0 Å². The number of hydrogen-bond donors (Lipinski definition) is 1. The average Bonchev–Trinajstić information content (AvgIpc) is 2.79. The van der Waals surface area contributed by atoms with E-state index in [1.807, 2.05) is 0 Å². The largest absolute Gasteiger partial charge is 0.381 e. The van der Waals surface area contributed by atoms with Gasteiger partial charge in [-0.1, -0.05) is 26.7 Å². The Morgan fingerprint density at radius 2 is 1.94 bits per heavy atom. The molecule has 1 aliphatic carbocycles. The molecule has 2 fully saturated rings. The minimum Gasteiger partial charge on any atom is -0.381 e. The summed E-state index contributed by atoms with van der Waals surface area (Å²) in [5.74, 6) is 1.55. The lowest BCUT2D eigenvalue weighted by atomic mass is 9.67. The van der Waals surface area contributed by atoms with Crippen molar-refractivity contribution in [2.45, 2.75) is 64.8 Å². The van der Waals surface area contributed by atoms with Crippen LogP contribution in [-0.4, -0.2) is 26.3 Å². The molecular weight excluding hydrogens is 222 g/mol. The molecule has 1 saturated carbocycles. The van der Waals surface area contributed by atoms with E-state index in [-0.39, 0.29) is 0 Å². The smallest absolute Gasteiger partial charge is 0.0509 e. The van der Waals surface area contributed by atoms with Crippen LogP contribution in [0.25, 0.3) is 0 Å². The summed E-state index contributed by atoms with van der Waals surface area (Å²) in [7, 11) is 2.17. The second-order valence-corrected chi connectivity index (χ2v) is 6.91. The Bertz CT molecular complexity index is 239. The van der Waals surface area contributed by atoms with Crippen LogP contribution >= 0.6 is 0 Å². The number of nitrogens with one attached hydrogen (secondary N) is 1. The third kappa shape index (κ3) is 3.08. The molecule has 0 amide bonds. The Balaban J connectivity index is 2.10. The minimum atomic E-state index is 0.550. The molecule has 0 aromatic heterocycles. The molecule has 2 nitrogen and oxygen atoms in total. The Kier molecular flexibility index (Phi) is 5.08. The number of rotatable bonds is 5. The van der Waals surface area contributed by atoms with Crippen LogP contribution in [0.5, 0.6) is 0 Å². The van der Waals surface area contributed by atoms with Gasteiger partial charge in [0, 0.05) is 12.6 Å². The zero-order valence-corrected chi connectivity index (χ0v) is 12.5. The highest BCUT2D eigenvalue weighted by molar-refractivity contribution is 4.98. The van der Waals surface area contributed by atoms with Crippen molar-refractivity contribution in [1.29, 1.82) is 0 Å². The zero-order valence-electron chi connectivity index (χ0n) is 12.5. The molecule has 18 heavy (non-hydrogen) atoms. The monoisotopic (exact) mass is 253 g/mol. The van der Waals surface area contributed by atoms with Gasteiger partial charge in [0.15, 0.2) is 0 Å². The highest BCUT2D eigenvalue weighted by Gasteiger charge is 2.44. The highest BCUT2D eigenvalue weighted by Crippen LogP contribution is 2.48. The maximum absolute atomic E-state index is 5.73. The van der Waals surface area contributed by atoms with Gasteiger partial charge in [-0.05, 0) is 56.4 Å². The van der Waals surface area contributed by atoms with E-state index in [2.05, 4.69) is 26.2 Å². The molecule has 2 aliphatic rings. The summed E-state index contributed by atoms with van der Waals surface area (Å²) in [6.07, 6.45) is 9.69. The summed E-state index contributed by atoms with van der Waals surface area (Å²) in [6.45, 7) is 6.71. The molecule has 0 bridgehead atoms. The quantitative estimate of drug-likeness (QED) is 0.808. The van der Waals surface area contributed by atoms with Crippen molar-refractivity contribution in [1.82, 2.24) is 5.32 Å². The summed E-state index contributed by atoms with van der Waals surface area (Å²) in [5, 5.41) is 3.68. The van der Waals surface area contributed by atoms with Crippen molar-refractivity contribution in [3.05, 3.63) is 0 Å². The van der Waals surface area contributed by atoms with Crippen molar-refractivity contribution in [3.8, 4) is 0 Å². The normalized spacial score (nSPS) is 29.7. The van der Waals surface area contributed by atoms with Crippen LogP contribution in [0.15, 0.2) is 0 Å². The van der Waals surface area contributed by atoms with Crippen molar-refractivity contribution in [2.75, 3.05) is 20.3 Å². The van der Waals surface area contributed by atoms with E-state index in [1.165, 1.54) is 44.9 Å². The third-order valence-electron chi connectivity index (χ3n) is 5.05. The first kappa shape index (κ1) is 14.3. The predicted molar refractivity (Wildman–Crippen MR) is 76.7 cm³/mol. The molecule has 1 saturated heterocycles. The van der Waals surface area contributed by atoms with Gasteiger partial charge in [0.05, 0.1) is 6.61 Å². The Morgan fingerprint density at radius 1 is 1.22 bits per heavy atom. The first-order chi connectivity index (χ1) is 8.68. The van der Waals surface area contributed by atoms with E-state index in [4.69, 9.17) is 4.74 Å². The van der Waals surface area contributed by atoms with E-state index in [0.29, 0.717) is 11.5 Å². The molecule has 0 aromatic carbocycles. The van der Waals surface area contributed by atoms with E-state index in [1.54, 1.807) is 0 Å². The fourth-order valence-corrected chi connectivity index (χ4v) is 4.60. The van der Waals surface area contributed by atoms with Crippen LogP contribution in [0.2, 0.25) is 0 Å². The molecule has 0 radical (unpaired) electrons. The lowest BCUT2D eigenvalue weighted by molar-refractivity contribution is 0.00431. The Labute approximate surface area is 113 Å². The van der Waals surface area contributed by atoms with Crippen molar-refractivity contribution in [2.24, 2.45) is 17.3 Å².